The first-order chi connectivity index (χ1) is 36.4. The number of fused-ring (bicyclic) bond motifs is 1. The minimum absolute atomic E-state index is 0.0979. The number of nitrogens with zero attached hydrogens (tertiary/aromatic N) is 3. The monoisotopic (exact) mass is 958 g/mol. The molecule has 0 saturated carbocycles. The van der Waals surface area contributed by atoms with E-state index in [9.17, 15) is 9.22 Å². The third kappa shape index (κ3) is 9.79. The van der Waals surface area contributed by atoms with Gasteiger partial charge in [0.05, 0.1) is 28.0 Å². The van der Waals surface area contributed by atoms with Gasteiger partial charge in [-0.1, -0.05) is 197 Å². The second kappa shape index (κ2) is 19.3. The Balaban J connectivity index is 1.22. The highest BCUT2D eigenvalue weighted by atomic mass is 16.3. The molecule has 2 heterocycles. The van der Waals surface area contributed by atoms with Gasteiger partial charge in [0.25, 0.3) is 0 Å². The number of aryl methyl sites for hydroxylation is 1. The molecule has 4 heteroatoms. The van der Waals surface area contributed by atoms with Crippen molar-refractivity contribution in [2.24, 2.45) is 0 Å². The molecule has 0 unspecified atom stereocenters. The molecule has 0 amide bonds. The first kappa shape index (κ1) is 43.9. The molecule has 2 aromatic heterocycles. The molecular formula is C69H67N3O. The highest BCUT2D eigenvalue weighted by molar-refractivity contribution is 5.98. The van der Waals surface area contributed by atoms with E-state index >= 15 is 0 Å². The maximum absolute atomic E-state index is 12.6. The summed E-state index contributed by atoms with van der Waals surface area (Å²) in [6.07, 6.45) is 1.87. The molecule has 0 aliphatic rings. The molecule has 10 rings (SSSR count). The molecule has 0 aliphatic heterocycles. The number of benzene rings is 8. The summed E-state index contributed by atoms with van der Waals surface area (Å²) in [5.74, 6) is -0.162. The van der Waals surface area contributed by atoms with Crippen LogP contribution in [-0.4, -0.2) is 19.6 Å². The number of para-hydroxylation sites is 1. The van der Waals surface area contributed by atoms with Crippen LogP contribution in [0.3, 0.4) is 0 Å². The lowest BCUT2D eigenvalue weighted by Gasteiger charge is -2.27. The lowest BCUT2D eigenvalue weighted by atomic mass is 9.79. The highest BCUT2D eigenvalue weighted by Gasteiger charge is 2.29. The van der Waals surface area contributed by atoms with Crippen molar-refractivity contribution in [1.82, 2.24) is 14.5 Å². The van der Waals surface area contributed by atoms with Crippen molar-refractivity contribution < 1.29 is 10.6 Å². The van der Waals surface area contributed by atoms with Crippen LogP contribution in [0.1, 0.15) is 114 Å². The normalized spacial score (nSPS) is 13.2. The second-order valence-electron chi connectivity index (χ2n) is 22.1. The van der Waals surface area contributed by atoms with Gasteiger partial charge in [-0.15, -0.1) is 0 Å². The van der Waals surface area contributed by atoms with Gasteiger partial charge < -0.3 is 5.11 Å². The first-order valence-electron chi connectivity index (χ1n) is 27.5. The van der Waals surface area contributed by atoms with Gasteiger partial charge in [0.15, 0.2) is 0 Å². The summed E-state index contributed by atoms with van der Waals surface area (Å²) in [6.45, 7) is 18.2. The average molecular weight is 958 g/mol. The SMILES string of the molecule is [2H]C([2H])([2H])c1cc(-c2cc(C(C)C)cc(C([2H])(C)C)c2)ccc1-n1c(-c2cc(C(C)(C)C)cc(C(C)(C)C)c2O)nc2c(-c3cc(-c4ccccc4)cc(-c4cc(-c5ccc(-c6ccccc6)cc5)ccn4)c3)cccc21. The molecule has 0 atom stereocenters. The Hall–Kier alpha value is -7.82. The number of hydrogen-bond donors (Lipinski definition) is 1. The van der Waals surface area contributed by atoms with Crippen LogP contribution < -0.4 is 0 Å². The van der Waals surface area contributed by atoms with E-state index in [0.717, 1.165) is 83.6 Å². The van der Waals surface area contributed by atoms with Gasteiger partial charge in [0, 0.05) is 28.4 Å². The Morgan fingerprint density at radius 2 is 1.10 bits per heavy atom. The Morgan fingerprint density at radius 1 is 0.507 bits per heavy atom. The Bertz CT molecular complexity index is 3810. The van der Waals surface area contributed by atoms with E-state index in [1.807, 2.05) is 91.3 Å². The van der Waals surface area contributed by atoms with Crippen LogP contribution in [0.25, 0.3) is 95.0 Å². The molecule has 364 valence electrons. The number of rotatable bonds is 10. The van der Waals surface area contributed by atoms with Crippen molar-refractivity contribution in [3.05, 3.63) is 216 Å². The average Bonchev–Trinajstić information content (AvgIpc) is 3.80. The summed E-state index contributed by atoms with van der Waals surface area (Å²) in [4.78, 5) is 10.6. The van der Waals surface area contributed by atoms with Crippen molar-refractivity contribution in [2.75, 3.05) is 0 Å². The van der Waals surface area contributed by atoms with Crippen LogP contribution in [0.15, 0.2) is 188 Å². The van der Waals surface area contributed by atoms with E-state index in [1.165, 1.54) is 5.56 Å². The zero-order valence-electron chi connectivity index (χ0n) is 47.8. The van der Waals surface area contributed by atoms with Crippen LogP contribution in [-0.2, 0) is 10.8 Å². The summed E-state index contributed by atoms with van der Waals surface area (Å²) >= 11 is 0. The van der Waals surface area contributed by atoms with E-state index in [-0.39, 0.29) is 22.6 Å². The summed E-state index contributed by atoms with van der Waals surface area (Å²) < 4.78 is 38.5. The number of phenols is 1. The quantitative estimate of drug-likeness (QED) is 0.149. The summed E-state index contributed by atoms with van der Waals surface area (Å²) in [6, 6.07) is 62.1. The predicted molar refractivity (Wildman–Crippen MR) is 309 cm³/mol. The second-order valence-corrected chi connectivity index (χ2v) is 22.1. The Labute approximate surface area is 438 Å². The van der Waals surface area contributed by atoms with E-state index in [4.69, 9.17) is 11.3 Å². The molecule has 0 radical (unpaired) electrons. The van der Waals surface area contributed by atoms with E-state index in [2.05, 4.69) is 165 Å². The van der Waals surface area contributed by atoms with Gasteiger partial charge in [0.1, 0.15) is 11.6 Å². The molecule has 1 N–H and O–H groups in total. The molecule has 73 heavy (non-hydrogen) atoms. The van der Waals surface area contributed by atoms with E-state index in [1.54, 1.807) is 6.07 Å². The predicted octanol–water partition coefficient (Wildman–Crippen LogP) is 18.9. The molecule has 10 aromatic rings. The third-order valence-electron chi connectivity index (χ3n) is 14.2. The van der Waals surface area contributed by atoms with Gasteiger partial charge in [-0.05, 0) is 156 Å². The van der Waals surface area contributed by atoms with Crippen LogP contribution >= 0.6 is 0 Å². The smallest absolute Gasteiger partial charge is 0.149 e. The number of aromatic nitrogens is 3. The fourth-order valence-electron chi connectivity index (χ4n) is 9.90. The molecule has 0 spiro atoms. The Morgan fingerprint density at radius 3 is 1.74 bits per heavy atom. The molecule has 0 saturated heterocycles. The number of hydrogen-bond acceptors (Lipinski definition) is 3. The number of imidazole rings is 1. The van der Waals surface area contributed by atoms with Crippen LogP contribution in [0.4, 0.5) is 0 Å². The molecule has 0 aliphatic carbocycles. The minimum Gasteiger partial charge on any atom is -0.507 e. The minimum atomic E-state index is -2.57. The third-order valence-corrected chi connectivity index (χ3v) is 14.2. The van der Waals surface area contributed by atoms with Crippen LogP contribution in [0, 0.1) is 6.85 Å². The fraction of sp³-hybridized carbons (Fsp3) is 0.217. The number of phenolic OH excluding ortho intramolecular Hbond substituents is 1. The number of aromatic hydroxyl groups is 1. The topological polar surface area (TPSA) is 50.9 Å². The van der Waals surface area contributed by atoms with Crippen molar-refractivity contribution in [3.8, 4) is 89.7 Å². The molecule has 0 bridgehead atoms. The van der Waals surface area contributed by atoms with E-state index < -0.39 is 18.2 Å². The first-order valence-corrected chi connectivity index (χ1v) is 25.5. The van der Waals surface area contributed by atoms with Gasteiger partial charge in [0.2, 0.25) is 0 Å². The number of pyridine rings is 1. The summed E-state index contributed by atoms with van der Waals surface area (Å²) in [5.41, 5.74) is 16.9. The highest BCUT2D eigenvalue weighted by Crippen LogP contribution is 2.46. The molecule has 0 fully saturated rings. The van der Waals surface area contributed by atoms with Gasteiger partial charge in [-0.3, -0.25) is 9.55 Å². The largest absolute Gasteiger partial charge is 0.507 e. The zero-order valence-corrected chi connectivity index (χ0v) is 43.8. The summed E-state index contributed by atoms with van der Waals surface area (Å²) in [5, 5.41) is 12.6. The van der Waals surface area contributed by atoms with Crippen molar-refractivity contribution in [2.45, 2.75) is 98.7 Å². The molecule has 8 aromatic carbocycles. The maximum atomic E-state index is 12.6. The fourth-order valence-corrected chi connectivity index (χ4v) is 9.90. The van der Waals surface area contributed by atoms with Crippen molar-refractivity contribution in [1.29, 1.82) is 0 Å². The van der Waals surface area contributed by atoms with Gasteiger partial charge >= 0.3 is 0 Å². The lowest BCUT2D eigenvalue weighted by Crippen LogP contribution is -2.17. The van der Waals surface area contributed by atoms with E-state index in [0.29, 0.717) is 28.1 Å². The molecule has 4 nitrogen and oxygen atoms in total. The van der Waals surface area contributed by atoms with Crippen molar-refractivity contribution >= 4 is 11.0 Å². The lowest BCUT2D eigenvalue weighted by molar-refractivity contribution is 0.446. The summed E-state index contributed by atoms with van der Waals surface area (Å²) in [7, 11) is 0. The van der Waals surface area contributed by atoms with Gasteiger partial charge in [-0.25, -0.2) is 4.98 Å². The standard InChI is InChI=1S/C69H67N3O/c1-43(2)52-34-53(44(3)4)36-55(35-52)50-29-30-63(45(5)33-50)72-64-24-18-23-59(65(64)71-67(72)60-41-58(68(6,7)8)42-61(66(60)73)69(9,10)11)56-37-54(47-21-16-13-17-22-47)38-57(39-56)62-40-51(31-32-70-62)49-27-25-48(26-28-49)46-19-14-12-15-20-46/h12-44,73H,1-11H3/i5D3,43D. The van der Waals surface area contributed by atoms with Gasteiger partial charge in [-0.2, -0.15) is 0 Å². The zero-order chi connectivity index (χ0) is 54.8. The maximum Gasteiger partial charge on any atom is 0.149 e. The van der Waals surface area contributed by atoms with Crippen LogP contribution in [0.2, 0.25) is 0 Å². The van der Waals surface area contributed by atoms with Crippen molar-refractivity contribution in [3.63, 3.8) is 0 Å². The molecular weight excluding hydrogens is 887 g/mol. The van der Waals surface area contributed by atoms with Crippen LogP contribution in [0.5, 0.6) is 5.75 Å². The Kier molecular flexibility index (Phi) is 11.6.